The Bertz CT molecular complexity index is 683. The molecule has 29 heavy (non-hydrogen) atoms. The number of aliphatic hydroxyl groups excluding tert-OH is 1. The fraction of sp³-hybridized carbons (Fsp3) is 0.480. The second kappa shape index (κ2) is 11.1. The van der Waals surface area contributed by atoms with Gasteiger partial charge in [0.15, 0.2) is 6.10 Å². The summed E-state index contributed by atoms with van der Waals surface area (Å²) in [5, 5.41) is 11.0. The van der Waals surface area contributed by atoms with Gasteiger partial charge in [0.2, 0.25) is 0 Å². The van der Waals surface area contributed by atoms with Crippen LogP contribution in [0.4, 0.5) is 0 Å². The molecule has 0 amide bonds. The Balaban J connectivity index is 2.29. The van der Waals surface area contributed by atoms with Gasteiger partial charge in [-0.05, 0) is 38.3 Å². The highest BCUT2D eigenvalue weighted by molar-refractivity contribution is 5.75. The van der Waals surface area contributed by atoms with Gasteiger partial charge in [0.25, 0.3) is 0 Å². The number of hydrogen-bond donors (Lipinski definition) is 1. The zero-order chi connectivity index (χ0) is 21.3. The minimum Gasteiger partial charge on any atom is -0.458 e. The number of esters is 1. The van der Waals surface area contributed by atoms with Crippen LogP contribution in [0, 0.1) is 0 Å². The van der Waals surface area contributed by atoms with E-state index in [2.05, 4.69) is 36.1 Å². The fourth-order valence-corrected chi connectivity index (χ4v) is 3.40. The highest BCUT2D eigenvalue weighted by Crippen LogP contribution is 2.22. The smallest absolute Gasteiger partial charge is 0.337 e. The molecule has 4 heteroatoms. The molecule has 0 aromatic heterocycles. The van der Waals surface area contributed by atoms with Crippen LogP contribution in [0.2, 0.25) is 0 Å². The minimum atomic E-state index is -1.19. The number of ether oxygens (including phenoxy) is 1. The summed E-state index contributed by atoms with van der Waals surface area (Å²) in [6, 6.07) is 20.0. The monoisotopic (exact) mass is 397 g/mol. The highest BCUT2D eigenvalue weighted by Gasteiger charge is 2.34. The molecule has 0 unspecified atom stereocenters. The van der Waals surface area contributed by atoms with Crippen molar-refractivity contribution in [2.45, 2.75) is 77.8 Å². The summed E-state index contributed by atoms with van der Waals surface area (Å²) in [5.74, 6) is -0.551. The van der Waals surface area contributed by atoms with Crippen molar-refractivity contribution >= 4 is 5.97 Å². The topological polar surface area (TPSA) is 49.8 Å². The van der Waals surface area contributed by atoms with Crippen molar-refractivity contribution < 1.29 is 14.6 Å². The number of carbonyl (C=O) groups is 1. The number of nitrogens with zero attached hydrogens (tertiary/aromatic N) is 1. The van der Waals surface area contributed by atoms with E-state index in [1.54, 1.807) is 0 Å². The van der Waals surface area contributed by atoms with Gasteiger partial charge < -0.3 is 9.84 Å². The third kappa shape index (κ3) is 8.00. The van der Waals surface area contributed by atoms with Crippen LogP contribution in [0.5, 0.6) is 0 Å². The van der Waals surface area contributed by atoms with E-state index >= 15 is 0 Å². The van der Waals surface area contributed by atoms with E-state index in [0.717, 1.165) is 30.4 Å². The SMILES string of the molecule is CCCC[C@@H]([C@H](O)C(=O)OC(C)(C)C)N(Cc1ccccc1)Cc1ccccc1. The van der Waals surface area contributed by atoms with E-state index in [4.69, 9.17) is 4.74 Å². The zero-order valence-corrected chi connectivity index (χ0v) is 18.2. The Hall–Kier alpha value is -2.17. The molecule has 0 fully saturated rings. The van der Waals surface area contributed by atoms with Gasteiger partial charge in [-0.3, -0.25) is 4.90 Å². The normalized spacial score (nSPS) is 13.9. The van der Waals surface area contributed by atoms with Crippen molar-refractivity contribution in [2.24, 2.45) is 0 Å². The van der Waals surface area contributed by atoms with Gasteiger partial charge in [0, 0.05) is 19.1 Å². The average molecular weight is 398 g/mol. The lowest BCUT2D eigenvalue weighted by Crippen LogP contribution is -2.48. The molecule has 2 aromatic carbocycles. The first kappa shape index (κ1) is 23.1. The highest BCUT2D eigenvalue weighted by atomic mass is 16.6. The molecule has 0 heterocycles. The van der Waals surface area contributed by atoms with Crippen molar-refractivity contribution in [2.75, 3.05) is 0 Å². The average Bonchev–Trinajstić information content (AvgIpc) is 2.68. The maximum atomic E-state index is 12.7. The Morgan fingerprint density at radius 2 is 1.45 bits per heavy atom. The van der Waals surface area contributed by atoms with Gasteiger partial charge in [-0.2, -0.15) is 0 Å². The van der Waals surface area contributed by atoms with Crippen molar-refractivity contribution in [3.8, 4) is 0 Å². The Labute approximate surface area is 175 Å². The number of aliphatic hydroxyl groups is 1. The molecule has 0 aliphatic carbocycles. The Kier molecular flexibility index (Phi) is 8.87. The van der Waals surface area contributed by atoms with E-state index in [-0.39, 0.29) is 6.04 Å². The second-order valence-corrected chi connectivity index (χ2v) is 8.56. The number of carbonyl (C=O) groups excluding carboxylic acids is 1. The molecule has 158 valence electrons. The zero-order valence-electron chi connectivity index (χ0n) is 18.2. The van der Waals surface area contributed by atoms with E-state index in [1.807, 2.05) is 57.2 Å². The van der Waals surface area contributed by atoms with E-state index in [1.165, 1.54) is 0 Å². The van der Waals surface area contributed by atoms with Gasteiger partial charge in [-0.15, -0.1) is 0 Å². The molecule has 1 N–H and O–H groups in total. The predicted molar refractivity (Wildman–Crippen MR) is 117 cm³/mol. The van der Waals surface area contributed by atoms with Crippen LogP contribution in [0.25, 0.3) is 0 Å². The van der Waals surface area contributed by atoms with E-state index in [9.17, 15) is 9.90 Å². The Morgan fingerprint density at radius 1 is 0.966 bits per heavy atom. The molecule has 0 radical (unpaired) electrons. The molecular weight excluding hydrogens is 362 g/mol. The number of rotatable bonds is 10. The summed E-state index contributed by atoms with van der Waals surface area (Å²) >= 11 is 0. The molecule has 4 nitrogen and oxygen atoms in total. The lowest BCUT2D eigenvalue weighted by atomic mass is 10.00. The quantitative estimate of drug-likeness (QED) is 0.576. The molecule has 2 rings (SSSR count). The third-order valence-electron chi connectivity index (χ3n) is 4.79. The standard InChI is InChI=1S/C25H35NO3/c1-5-6-17-22(23(27)24(28)29-25(2,3)4)26(18-20-13-9-7-10-14-20)19-21-15-11-8-12-16-21/h7-16,22-23,27H,5-6,17-19H2,1-4H3/t22-,23-/m0/s1. The van der Waals surface area contributed by atoms with Crippen molar-refractivity contribution in [3.63, 3.8) is 0 Å². The van der Waals surface area contributed by atoms with Gasteiger partial charge in [-0.1, -0.05) is 80.4 Å². The van der Waals surface area contributed by atoms with Crippen molar-refractivity contribution in [1.82, 2.24) is 4.90 Å². The van der Waals surface area contributed by atoms with Crippen LogP contribution in [0.3, 0.4) is 0 Å². The van der Waals surface area contributed by atoms with Crippen LogP contribution in [0.15, 0.2) is 60.7 Å². The van der Waals surface area contributed by atoms with Gasteiger partial charge in [0.1, 0.15) is 5.60 Å². The van der Waals surface area contributed by atoms with E-state index < -0.39 is 17.7 Å². The van der Waals surface area contributed by atoms with Gasteiger partial charge in [-0.25, -0.2) is 4.79 Å². The van der Waals surface area contributed by atoms with Crippen LogP contribution in [-0.4, -0.2) is 33.7 Å². The fourth-order valence-electron chi connectivity index (χ4n) is 3.40. The first-order chi connectivity index (χ1) is 13.8. The molecule has 0 aliphatic heterocycles. The van der Waals surface area contributed by atoms with Crippen LogP contribution >= 0.6 is 0 Å². The minimum absolute atomic E-state index is 0.315. The molecule has 2 atom stereocenters. The maximum absolute atomic E-state index is 12.7. The molecule has 0 bridgehead atoms. The van der Waals surface area contributed by atoms with Crippen LogP contribution < -0.4 is 0 Å². The summed E-state index contributed by atoms with van der Waals surface area (Å²) in [6.45, 7) is 8.91. The lowest BCUT2D eigenvalue weighted by Gasteiger charge is -2.35. The lowest BCUT2D eigenvalue weighted by molar-refractivity contribution is -0.169. The van der Waals surface area contributed by atoms with Crippen molar-refractivity contribution in [1.29, 1.82) is 0 Å². The number of unbranched alkanes of at least 4 members (excludes halogenated alkanes) is 1. The van der Waals surface area contributed by atoms with E-state index in [0.29, 0.717) is 13.1 Å². The summed E-state index contributed by atoms with van der Waals surface area (Å²) < 4.78 is 5.50. The molecule has 0 saturated heterocycles. The molecule has 2 aromatic rings. The largest absolute Gasteiger partial charge is 0.458 e. The number of benzene rings is 2. The molecule has 0 spiro atoms. The van der Waals surface area contributed by atoms with Crippen LogP contribution in [0.1, 0.15) is 58.1 Å². The summed E-state index contributed by atoms with van der Waals surface area (Å²) in [7, 11) is 0. The first-order valence-electron chi connectivity index (χ1n) is 10.5. The summed E-state index contributed by atoms with van der Waals surface area (Å²) in [4.78, 5) is 14.9. The van der Waals surface area contributed by atoms with Gasteiger partial charge in [0.05, 0.1) is 0 Å². The van der Waals surface area contributed by atoms with Gasteiger partial charge >= 0.3 is 5.97 Å². The molecule has 0 aliphatic rings. The Morgan fingerprint density at radius 3 is 1.86 bits per heavy atom. The second-order valence-electron chi connectivity index (χ2n) is 8.56. The molecular formula is C25H35NO3. The predicted octanol–water partition coefficient (Wildman–Crippen LogP) is 4.95. The summed E-state index contributed by atoms with van der Waals surface area (Å²) in [5.41, 5.74) is 1.68. The first-order valence-corrected chi connectivity index (χ1v) is 10.5. The molecule has 0 saturated carbocycles. The third-order valence-corrected chi connectivity index (χ3v) is 4.79. The number of hydrogen-bond acceptors (Lipinski definition) is 4. The summed E-state index contributed by atoms with van der Waals surface area (Å²) in [6.07, 6.45) is 1.48. The maximum Gasteiger partial charge on any atom is 0.337 e. The van der Waals surface area contributed by atoms with Crippen LogP contribution in [-0.2, 0) is 22.6 Å². The van der Waals surface area contributed by atoms with Crippen molar-refractivity contribution in [3.05, 3.63) is 71.8 Å².